The zero-order valence-electron chi connectivity index (χ0n) is 10.5. The topological polar surface area (TPSA) is 21.3 Å². The number of hydrogen-bond donors (Lipinski definition) is 1. The third kappa shape index (κ3) is 4.14. The molecule has 96 valence electrons. The number of benzene rings is 1. The normalized spacial score (nSPS) is 14.6. The van der Waals surface area contributed by atoms with Crippen LogP contribution in [-0.2, 0) is 11.2 Å². The van der Waals surface area contributed by atoms with Crippen molar-refractivity contribution < 1.29 is 4.74 Å². The lowest BCUT2D eigenvalue weighted by atomic mass is 10.00. The van der Waals surface area contributed by atoms with Crippen molar-refractivity contribution in [1.82, 2.24) is 5.32 Å². The Morgan fingerprint density at radius 1 is 1.29 bits per heavy atom. The SMILES string of the molecule is CCC(OC)C(Cc1ccc(Cl)c(Cl)c1)NC. The lowest BCUT2D eigenvalue weighted by Gasteiger charge is -2.24. The Balaban J connectivity index is 2.76. The molecular weight excluding hydrogens is 257 g/mol. The van der Waals surface area contributed by atoms with Gasteiger partial charge in [0.15, 0.2) is 0 Å². The summed E-state index contributed by atoms with van der Waals surface area (Å²) >= 11 is 11.9. The second kappa shape index (κ2) is 7.22. The monoisotopic (exact) mass is 275 g/mol. The molecule has 0 aliphatic carbocycles. The van der Waals surface area contributed by atoms with E-state index in [4.69, 9.17) is 27.9 Å². The minimum Gasteiger partial charge on any atom is -0.380 e. The van der Waals surface area contributed by atoms with Gasteiger partial charge in [-0.25, -0.2) is 0 Å². The molecule has 0 aliphatic rings. The molecule has 1 N–H and O–H groups in total. The highest BCUT2D eigenvalue weighted by Gasteiger charge is 2.18. The van der Waals surface area contributed by atoms with E-state index >= 15 is 0 Å². The molecule has 0 saturated carbocycles. The van der Waals surface area contributed by atoms with Crippen LogP contribution in [0.4, 0.5) is 0 Å². The van der Waals surface area contributed by atoms with Gasteiger partial charge in [0.2, 0.25) is 0 Å². The third-order valence-electron chi connectivity index (χ3n) is 2.96. The van der Waals surface area contributed by atoms with Gasteiger partial charge < -0.3 is 10.1 Å². The van der Waals surface area contributed by atoms with Gasteiger partial charge in [0.25, 0.3) is 0 Å². The fourth-order valence-corrected chi connectivity index (χ4v) is 2.28. The molecule has 2 nitrogen and oxygen atoms in total. The number of halogens is 2. The Morgan fingerprint density at radius 3 is 2.47 bits per heavy atom. The summed E-state index contributed by atoms with van der Waals surface area (Å²) in [5.74, 6) is 0. The van der Waals surface area contributed by atoms with Crippen LogP contribution in [0, 0.1) is 0 Å². The zero-order chi connectivity index (χ0) is 12.8. The highest BCUT2D eigenvalue weighted by atomic mass is 35.5. The first-order valence-electron chi connectivity index (χ1n) is 5.76. The Kier molecular flexibility index (Phi) is 6.28. The lowest BCUT2D eigenvalue weighted by Crippen LogP contribution is -2.40. The van der Waals surface area contributed by atoms with E-state index < -0.39 is 0 Å². The van der Waals surface area contributed by atoms with Gasteiger partial charge in [0, 0.05) is 13.2 Å². The van der Waals surface area contributed by atoms with Crippen molar-refractivity contribution in [2.45, 2.75) is 31.9 Å². The molecule has 0 amide bonds. The van der Waals surface area contributed by atoms with Crippen molar-refractivity contribution in [1.29, 1.82) is 0 Å². The van der Waals surface area contributed by atoms with Gasteiger partial charge in [-0.2, -0.15) is 0 Å². The van der Waals surface area contributed by atoms with Crippen LogP contribution in [-0.4, -0.2) is 26.3 Å². The molecule has 0 bridgehead atoms. The van der Waals surface area contributed by atoms with Crippen molar-refractivity contribution in [3.63, 3.8) is 0 Å². The van der Waals surface area contributed by atoms with Gasteiger partial charge in [0.1, 0.15) is 0 Å². The van der Waals surface area contributed by atoms with Crippen molar-refractivity contribution in [3.8, 4) is 0 Å². The number of hydrogen-bond acceptors (Lipinski definition) is 2. The molecule has 1 aromatic rings. The van der Waals surface area contributed by atoms with E-state index in [2.05, 4.69) is 12.2 Å². The standard InChI is InChI=1S/C13H19Cl2NO/c1-4-13(17-3)12(16-2)8-9-5-6-10(14)11(15)7-9/h5-7,12-13,16H,4,8H2,1-3H3. The summed E-state index contributed by atoms with van der Waals surface area (Å²) in [7, 11) is 3.69. The van der Waals surface area contributed by atoms with Crippen LogP contribution < -0.4 is 5.32 Å². The number of methoxy groups -OCH3 is 1. The van der Waals surface area contributed by atoms with Gasteiger partial charge in [-0.05, 0) is 37.6 Å². The van der Waals surface area contributed by atoms with Crippen LogP contribution in [0.3, 0.4) is 0 Å². The fourth-order valence-electron chi connectivity index (χ4n) is 1.96. The minimum absolute atomic E-state index is 0.203. The summed E-state index contributed by atoms with van der Waals surface area (Å²) < 4.78 is 5.46. The summed E-state index contributed by atoms with van der Waals surface area (Å²) in [6.07, 6.45) is 2.05. The Bertz CT molecular complexity index is 353. The van der Waals surface area contributed by atoms with Gasteiger partial charge in [-0.3, -0.25) is 0 Å². The number of likely N-dealkylation sites (N-methyl/N-ethyl adjacent to an activating group) is 1. The van der Waals surface area contributed by atoms with Gasteiger partial charge in [-0.1, -0.05) is 36.2 Å². The molecule has 17 heavy (non-hydrogen) atoms. The van der Waals surface area contributed by atoms with Crippen LogP contribution in [0.15, 0.2) is 18.2 Å². The van der Waals surface area contributed by atoms with Gasteiger partial charge >= 0.3 is 0 Å². The minimum atomic E-state index is 0.203. The molecule has 1 aromatic carbocycles. The molecule has 0 saturated heterocycles. The van der Waals surface area contributed by atoms with Crippen LogP contribution in [0.2, 0.25) is 10.0 Å². The van der Waals surface area contributed by atoms with E-state index in [1.54, 1.807) is 7.11 Å². The summed E-state index contributed by atoms with van der Waals surface area (Å²) in [5, 5.41) is 4.48. The highest BCUT2D eigenvalue weighted by Crippen LogP contribution is 2.23. The van der Waals surface area contributed by atoms with Crippen molar-refractivity contribution >= 4 is 23.2 Å². The maximum absolute atomic E-state index is 6.00. The number of nitrogens with one attached hydrogen (secondary N) is 1. The molecule has 0 fully saturated rings. The zero-order valence-corrected chi connectivity index (χ0v) is 12.0. The van der Waals surface area contributed by atoms with E-state index in [0.29, 0.717) is 10.0 Å². The van der Waals surface area contributed by atoms with E-state index in [9.17, 15) is 0 Å². The molecule has 2 unspecified atom stereocenters. The lowest BCUT2D eigenvalue weighted by molar-refractivity contribution is 0.0678. The van der Waals surface area contributed by atoms with E-state index in [1.165, 1.54) is 0 Å². The first-order valence-corrected chi connectivity index (χ1v) is 6.52. The fraction of sp³-hybridized carbons (Fsp3) is 0.538. The maximum Gasteiger partial charge on any atom is 0.0724 e. The van der Waals surface area contributed by atoms with Crippen molar-refractivity contribution in [3.05, 3.63) is 33.8 Å². The quantitative estimate of drug-likeness (QED) is 0.858. The average Bonchev–Trinajstić information content (AvgIpc) is 2.33. The Hall–Kier alpha value is -0.280. The van der Waals surface area contributed by atoms with Crippen LogP contribution in [0.5, 0.6) is 0 Å². The van der Waals surface area contributed by atoms with Crippen LogP contribution in [0.1, 0.15) is 18.9 Å². The van der Waals surface area contributed by atoms with E-state index in [1.807, 2.05) is 25.2 Å². The van der Waals surface area contributed by atoms with E-state index in [-0.39, 0.29) is 12.1 Å². The molecule has 4 heteroatoms. The Morgan fingerprint density at radius 2 is 2.00 bits per heavy atom. The number of rotatable bonds is 6. The molecule has 0 aliphatic heterocycles. The number of ether oxygens (including phenoxy) is 1. The summed E-state index contributed by atoms with van der Waals surface area (Å²) in [4.78, 5) is 0. The third-order valence-corrected chi connectivity index (χ3v) is 3.70. The molecule has 0 aromatic heterocycles. The van der Waals surface area contributed by atoms with Gasteiger partial charge in [0.05, 0.1) is 16.1 Å². The van der Waals surface area contributed by atoms with Crippen molar-refractivity contribution in [2.24, 2.45) is 0 Å². The van der Waals surface area contributed by atoms with Crippen LogP contribution >= 0.6 is 23.2 Å². The summed E-state index contributed by atoms with van der Waals surface area (Å²) in [6, 6.07) is 6.03. The highest BCUT2D eigenvalue weighted by molar-refractivity contribution is 6.42. The molecule has 0 radical (unpaired) electrons. The van der Waals surface area contributed by atoms with E-state index in [0.717, 1.165) is 18.4 Å². The predicted octanol–water partition coefficient (Wildman–Crippen LogP) is 3.55. The maximum atomic E-state index is 6.00. The summed E-state index contributed by atoms with van der Waals surface area (Å²) in [6.45, 7) is 2.12. The second-order valence-corrected chi connectivity index (χ2v) is 4.84. The molecule has 0 heterocycles. The molecule has 1 rings (SSSR count). The second-order valence-electron chi connectivity index (χ2n) is 4.03. The summed E-state index contributed by atoms with van der Waals surface area (Å²) in [5.41, 5.74) is 1.16. The first-order chi connectivity index (χ1) is 8.12. The smallest absolute Gasteiger partial charge is 0.0724 e. The molecule has 0 spiro atoms. The Labute approximate surface area is 113 Å². The van der Waals surface area contributed by atoms with Crippen molar-refractivity contribution in [2.75, 3.05) is 14.2 Å². The van der Waals surface area contributed by atoms with Gasteiger partial charge in [-0.15, -0.1) is 0 Å². The molecule has 2 atom stereocenters. The van der Waals surface area contributed by atoms with Crippen LogP contribution in [0.25, 0.3) is 0 Å². The predicted molar refractivity (Wildman–Crippen MR) is 74.1 cm³/mol. The molecular formula is C13H19Cl2NO. The average molecular weight is 276 g/mol. The largest absolute Gasteiger partial charge is 0.380 e. The first kappa shape index (κ1) is 14.8.